The lowest BCUT2D eigenvalue weighted by Crippen LogP contribution is -2.26. The molecule has 0 saturated heterocycles. The number of nitrogens with one attached hydrogen (secondary N) is 1. The van der Waals surface area contributed by atoms with Crippen molar-refractivity contribution < 1.29 is 13.9 Å². The zero-order valence-corrected chi connectivity index (χ0v) is 11.7. The zero-order chi connectivity index (χ0) is 15.2. The molecule has 110 valence electrons. The number of para-hydroxylation sites is 1. The molecular weight excluding hydrogens is 271 g/mol. The first-order valence-corrected chi connectivity index (χ1v) is 6.57. The van der Waals surface area contributed by atoms with E-state index in [2.05, 4.69) is 5.32 Å². The van der Waals surface area contributed by atoms with Crippen LogP contribution in [-0.4, -0.2) is 19.6 Å². The van der Waals surface area contributed by atoms with Gasteiger partial charge in [0.2, 0.25) is 0 Å². The molecule has 4 nitrogen and oxygen atoms in total. The number of hydrogen-bond donors (Lipinski definition) is 2. The zero-order valence-electron chi connectivity index (χ0n) is 11.7. The third-order valence-electron chi connectivity index (χ3n) is 3.13. The molecule has 2 aromatic carbocycles. The molecule has 0 heterocycles. The van der Waals surface area contributed by atoms with Crippen molar-refractivity contribution in [2.75, 3.05) is 19.4 Å². The number of halogens is 1. The van der Waals surface area contributed by atoms with Crippen LogP contribution < -0.4 is 15.8 Å². The number of nitrogens with two attached hydrogens (primary N) is 1. The van der Waals surface area contributed by atoms with E-state index >= 15 is 0 Å². The van der Waals surface area contributed by atoms with Crippen LogP contribution in [0.15, 0.2) is 42.5 Å². The minimum atomic E-state index is -0.588. The summed E-state index contributed by atoms with van der Waals surface area (Å²) in [5, 5.41) is 2.73. The molecule has 3 N–H and O–H groups in total. The van der Waals surface area contributed by atoms with E-state index < -0.39 is 5.82 Å². The number of ether oxygens (including phenoxy) is 1. The van der Waals surface area contributed by atoms with Crippen LogP contribution in [0.3, 0.4) is 0 Å². The second-order valence-electron chi connectivity index (χ2n) is 4.56. The van der Waals surface area contributed by atoms with Crippen LogP contribution >= 0.6 is 0 Å². The van der Waals surface area contributed by atoms with Crippen LogP contribution in [0.1, 0.15) is 15.9 Å². The maximum Gasteiger partial charge on any atom is 0.253 e. The van der Waals surface area contributed by atoms with E-state index in [9.17, 15) is 9.18 Å². The molecule has 0 aliphatic heterocycles. The summed E-state index contributed by atoms with van der Waals surface area (Å²) in [6, 6.07) is 11.8. The van der Waals surface area contributed by atoms with E-state index in [1.54, 1.807) is 7.11 Å². The van der Waals surface area contributed by atoms with E-state index in [4.69, 9.17) is 10.5 Å². The first kappa shape index (κ1) is 14.8. The summed E-state index contributed by atoms with van der Waals surface area (Å²) in [6.07, 6.45) is 0.651. The fraction of sp³-hybridized carbons (Fsp3) is 0.188. The summed E-state index contributed by atoms with van der Waals surface area (Å²) in [4.78, 5) is 11.9. The number of nitrogen functional groups attached to an aromatic ring is 1. The molecule has 0 fully saturated rings. The average molecular weight is 288 g/mol. The Balaban J connectivity index is 1.94. The Hall–Kier alpha value is -2.56. The molecule has 0 unspecified atom stereocenters. The summed E-state index contributed by atoms with van der Waals surface area (Å²) in [5.74, 6) is -0.196. The fourth-order valence-corrected chi connectivity index (χ4v) is 1.98. The van der Waals surface area contributed by atoms with Crippen molar-refractivity contribution in [3.8, 4) is 5.75 Å². The maximum absolute atomic E-state index is 13.3. The topological polar surface area (TPSA) is 64.3 Å². The van der Waals surface area contributed by atoms with Crippen LogP contribution in [0.25, 0.3) is 0 Å². The number of benzene rings is 2. The molecule has 21 heavy (non-hydrogen) atoms. The summed E-state index contributed by atoms with van der Waals surface area (Å²) >= 11 is 0. The molecule has 1 amide bonds. The van der Waals surface area contributed by atoms with Crippen molar-refractivity contribution >= 4 is 11.6 Å². The SMILES string of the molecule is COc1cccc(CCNC(=O)c2cccc(F)c2N)c1. The van der Waals surface area contributed by atoms with Crippen LogP contribution in [0.4, 0.5) is 10.1 Å². The number of carbonyl (C=O) groups is 1. The van der Waals surface area contributed by atoms with Crippen molar-refractivity contribution in [3.05, 3.63) is 59.4 Å². The van der Waals surface area contributed by atoms with Gasteiger partial charge in [0, 0.05) is 6.54 Å². The van der Waals surface area contributed by atoms with Gasteiger partial charge < -0.3 is 15.8 Å². The molecule has 0 saturated carbocycles. The molecular formula is C16H17FN2O2. The van der Waals surface area contributed by atoms with Gasteiger partial charge in [-0.15, -0.1) is 0 Å². The Bertz CT molecular complexity index is 644. The van der Waals surface area contributed by atoms with Gasteiger partial charge >= 0.3 is 0 Å². The molecule has 0 spiro atoms. The smallest absolute Gasteiger partial charge is 0.253 e. The van der Waals surface area contributed by atoms with Gasteiger partial charge in [-0.25, -0.2) is 4.39 Å². The Morgan fingerprint density at radius 1 is 1.29 bits per heavy atom. The van der Waals surface area contributed by atoms with Crippen molar-refractivity contribution in [1.82, 2.24) is 5.32 Å². The monoisotopic (exact) mass is 288 g/mol. The van der Waals surface area contributed by atoms with Crippen LogP contribution in [-0.2, 0) is 6.42 Å². The molecule has 0 aliphatic rings. The third kappa shape index (κ3) is 3.72. The third-order valence-corrected chi connectivity index (χ3v) is 3.13. The lowest BCUT2D eigenvalue weighted by molar-refractivity contribution is 0.0954. The highest BCUT2D eigenvalue weighted by Gasteiger charge is 2.11. The molecule has 2 aromatic rings. The first-order valence-electron chi connectivity index (χ1n) is 6.57. The van der Waals surface area contributed by atoms with Crippen LogP contribution in [0.2, 0.25) is 0 Å². The van der Waals surface area contributed by atoms with Gasteiger partial charge in [0.1, 0.15) is 11.6 Å². The van der Waals surface area contributed by atoms with Gasteiger partial charge in [-0.05, 0) is 36.2 Å². The summed E-state index contributed by atoms with van der Waals surface area (Å²) < 4.78 is 18.4. The summed E-state index contributed by atoms with van der Waals surface area (Å²) in [6.45, 7) is 0.432. The second-order valence-corrected chi connectivity index (χ2v) is 4.56. The maximum atomic E-state index is 13.3. The van der Waals surface area contributed by atoms with Crippen molar-refractivity contribution in [2.45, 2.75) is 6.42 Å². The molecule has 5 heteroatoms. The van der Waals surface area contributed by atoms with Crippen LogP contribution in [0, 0.1) is 5.82 Å². The van der Waals surface area contributed by atoms with E-state index in [0.29, 0.717) is 13.0 Å². The predicted molar refractivity (Wildman–Crippen MR) is 79.8 cm³/mol. The predicted octanol–water partition coefficient (Wildman–Crippen LogP) is 2.39. The highest BCUT2D eigenvalue weighted by molar-refractivity contribution is 5.99. The number of amides is 1. The van der Waals surface area contributed by atoms with Gasteiger partial charge in [-0.3, -0.25) is 4.79 Å². The minimum absolute atomic E-state index is 0.128. The number of rotatable bonds is 5. The Kier molecular flexibility index (Phi) is 4.77. The number of methoxy groups -OCH3 is 1. The van der Waals surface area contributed by atoms with Gasteiger partial charge in [0.15, 0.2) is 0 Å². The van der Waals surface area contributed by atoms with Gasteiger partial charge in [-0.2, -0.15) is 0 Å². The minimum Gasteiger partial charge on any atom is -0.497 e. The fourth-order valence-electron chi connectivity index (χ4n) is 1.98. The van der Waals surface area contributed by atoms with E-state index in [-0.39, 0.29) is 17.2 Å². The van der Waals surface area contributed by atoms with Gasteiger partial charge in [0.25, 0.3) is 5.91 Å². The van der Waals surface area contributed by atoms with E-state index in [1.807, 2.05) is 24.3 Å². The molecule has 0 atom stereocenters. The largest absolute Gasteiger partial charge is 0.497 e. The normalized spacial score (nSPS) is 10.2. The molecule has 0 aromatic heterocycles. The molecule has 0 aliphatic carbocycles. The lowest BCUT2D eigenvalue weighted by atomic mass is 10.1. The highest BCUT2D eigenvalue weighted by Crippen LogP contribution is 2.16. The highest BCUT2D eigenvalue weighted by atomic mass is 19.1. The average Bonchev–Trinajstić information content (AvgIpc) is 2.50. The lowest BCUT2D eigenvalue weighted by Gasteiger charge is -2.08. The Morgan fingerprint density at radius 2 is 2.05 bits per heavy atom. The van der Waals surface area contributed by atoms with Crippen molar-refractivity contribution in [2.24, 2.45) is 0 Å². The van der Waals surface area contributed by atoms with Crippen molar-refractivity contribution in [1.29, 1.82) is 0 Å². The molecule has 2 rings (SSSR count). The Morgan fingerprint density at radius 3 is 2.81 bits per heavy atom. The standard InChI is InChI=1S/C16H17FN2O2/c1-21-12-5-2-4-11(10-12)8-9-19-16(20)13-6-3-7-14(17)15(13)18/h2-7,10H,8-9,18H2,1H3,(H,19,20). The quantitative estimate of drug-likeness (QED) is 0.830. The van der Waals surface area contributed by atoms with Gasteiger partial charge in [-0.1, -0.05) is 18.2 Å². The number of anilines is 1. The van der Waals surface area contributed by atoms with Gasteiger partial charge in [0.05, 0.1) is 18.4 Å². The summed E-state index contributed by atoms with van der Waals surface area (Å²) in [7, 11) is 1.60. The van der Waals surface area contributed by atoms with E-state index in [0.717, 1.165) is 11.3 Å². The first-order chi connectivity index (χ1) is 10.1. The molecule has 0 bridgehead atoms. The number of carbonyl (C=O) groups excluding carboxylic acids is 1. The second kappa shape index (κ2) is 6.74. The Labute approximate surface area is 122 Å². The number of hydrogen-bond acceptors (Lipinski definition) is 3. The van der Waals surface area contributed by atoms with Crippen LogP contribution in [0.5, 0.6) is 5.75 Å². The summed E-state index contributed by atoms with van der Waals surface area (Å²) in [5.41, 5.74) is 6.62. The molecule has 0 radical (unpaired) electrons. The van der Waals surface area contributed by atoms with Crippen molar-refractivity contribution in [3.63, 3.8) is 0 Å². The van der Waals surface area contributed by atoms with E-state index in [1.165, 1.54) is 18.2 Å².